The molecule has 0 spiro atoms. The van der Waals surface area contributed by atoms with E-state index < -0.39 is 0 Å². The van der Waals surface area contributed by atoms with Crippen LogP contribution in [0.5, 0.6) is 0 Å². The van der Waals surface area contributed by atoms with Crippen molar-refractivity contribution in [1.29, 1.82) is 5.26 Å². The molecule has 6 nitrogen and oxygen atoms in total. The number of nitrogens with zero attached hydrogens (tertiary/aromatic N) is 3. The number of hydrogen-bond acceptors (Lipinski definition) is 5. The topological polar surface area (TPSA) is 81.1 Å². The molecular weight excluding hydrogens is 386 g/mol. The Balaban J connectivity index is 0.00000300. The number of amides is 1. The van der Waals surface area contributed by atoms with E-state index in [0.717, 1.165) is 29.9 Å². The summed E-state index contributed by atoms with van der Waals surface area (Å²) in [5, 5.41) is 15.8. The Bertz CT molecular complexity index is 850. The second-order valence-corrected chi connectivity index (χ2v) is 7.74. The summed E-state index contributed by atoms with van der Waals surface area (Å²) < 4.78 is 0. The maximum Gasteiger partial charge on any atom is 0.237 e. The first-order chi connectivity index (χ1) is 13.5. The summed E-state index contributed by atoms with van der Waals surface area (Å²) in [7, 11) is 0. The summed E-state index contributed by atoms with van der Waals surface area (Å²) in [6.45, 7) is 5.60. The molecule has 1 fully saturated rings. The van der Waals surface area contributed by atoms with E-state index >= 15 is 0 Å². The molecule has 0 bridgehead atoms. The Morgan fingerprint density at radius 3 is 2.72 bits per heavy atom. The van der Waals surface area contributed by atoms with Gasteiger partial charge in [-0.05, 0) is 38.8 Å². The molecule has 3 rings (SSSR count). The van der Waals surface area contributed by atoms with Crippen molar-refractivity contribution in [2.45, 2.75) is 38.3 Å². The van der Waals surface area contributed by atoms with Crippen LogP contribution in [0.25, 0.3) is 11.3 Å². The average Bonchev–Trinajstić information content (AvgIpc) is 3.21. The van der Waals surface area contributed by atoms with Gasteiger partial charge in [-0.1, -0.05) is 36.4 Å². The highest BCUT2D eigenvalue weighted by Gasteiger charge is 2.29. The summed E-state index contributed by atoms with van der Waals surface area (Å²) in [6, 6.07) is 17.9. The fraction of sp³-hybridized carbons (Fsp3) is 0.409. The van der Waals surface area contributed by atoms with Gasteiger partial charge in [0.1, 0.15) is 11.9 Å². The molecule has 2 aromatic rings. The third-order valence-electron chi connectivity index (χ3n) is 4.97. The van der Waals surface area contributed by atoms with Gasteiger partial charge in [-0.15, -0.1) is 12.4 Å². The van der Waals surface area contributed by atoms with Crippen LogP contribution in [0.15, 0.2) is 48.5 Å². The number of likely N-dealkylation sites (tertiary alicyclic amines) is 1. The van der Waals surface area contributed by atoms with Crippen LogP contribution in [-0.2, 0) is 4.79 Å². The zero-order valence-electron chi connectivity index (χ0n) is 16.9. The molecular formula is C22H28ClN5O. The first-order valence-electron chi connectivity index (χ1n) is 9.69. The summed E-state index contributed by atoms with van der Waals surface area (Å²) in [6.07, 6.45) is 1.68. The van der Waals surface area contributed by atoms with Crippen LogP contribution in [0, 0.1) is 11.3 Å². The normalized spacial score (nSPS) is 16.0. The average molecular weight is 414 g/mol. The molecule has 0 saturated carbocycles. The first kappa shape index (κ1) is 22.7. The summed E-state index contributed by atoms with van der Waals surface area (Å²) in [4.78, 5) is 18.8. The van der Waals surface area contributed by atoms with E-state index in [1.165, 1.54) is 0 Å². The minimum atomic E-state index is -0.304. The zero-order valence-corrected chi connectivity index (χ0v) is 17.7. The lowest BCUT2D eigenvalue weighted by atomic mass is 10.1. The Labute approximate surface area is 178 Å². The van der Waals surface area contributed by atoms with E-state index in [9.17, 15) is 4.79 Å². The van der Waals surface area contributed by atoms with Crippen molar-refractivity contribution in [2.75, 3.05) is 25.0 Å². The van der Waals surface area contributed by atoms with Crippen LogP contribution in [0.1, 0.15) is 26.7 Å². The highest BCUT2D eigenvalue weighted by atomic mass is 35.5. The quantitative estimate of drug-likeness (QED) is 0.726. The summed E-state index contributed by atoms with van der Waals surface area (Å²) >= 11 is 0. The van der Waals surface area contributed by atoms with E-state index in [4.69, 9.17) is 5.26 Å². The fourth-order valence-electron chi connectivity index (χ4n) is 3.29. The first-order valence-corrected chi connectivity index (χ1v) is 9.69. The molecule has 0 aliphatic carbocycles. The Kier molecular flexibility index (Phi) is 8.00. The van der Waals surface area contributed by atoms with Crippen molar-refractivity contribution in [3.63, 3.8) is 0 Å². The highest BCUT2D eigenvalue weighted by molar-refractivity contribution is 5.85. The number of benzene rings is 1. The molecule has 1 aliphatic rings. The van der Waals surface area contributed by atoms with Crippen molar-refractivity contribution in [1.82, 2.24) is 15.2 Å². The number of aromatic nitrogens is 1. The smallest absolute Gasteiger partial charge is 0.237 e. The van der Waals surface area contributed by atoms with E-state index in [1.807, 2.05) is 62.4 Å². The third kappa shape index (κ3) is 6.18. The van der Waals surface area contributed by atoms with Crippen LogP contribution >= 0.6 is 12.4 Å². The largest absolute Gasteiger partial charge is 0.368 e. The molecule has 29 heavy (non-hydrogen) atoms. The number of pyridine rings is 1. The van der Waals surface area contributed by atoms with Gasteiger partial charge in [-0.3, -0.25) is 4.79 Å². The van der Waals surface area contributed by atoms with Gasteiger partial charge in [0.2, 0.25) is 5.91 Å². The molecule has 2 N–H and O–H groups in total. The molecule has 154 valence electrons. The second-order valence-electron chi connectivity index (χ2n) is 7.74. The minimum absolute atomic E-state index is 0. The predicted molar refractivity (Wildman–Crippen MR) is 118 cm³/mol. The molecule has 7 heteroatoms. The number of nitrogens with one attached hydrogen (secondary N) is 2. The molecule has 2 heterocycles. The van der Waals surface area contributed by atoms with Gasteiger partial charge in [0.05, 0.1) is 18.3 Å². The monoisotopic (exact) mass is 413 g/mol. The Hall–Kier alpha value is -2.62. The SMILES string of the molecule is CC(C)(CNc1cccc(-c2ccccc2)n1)NCC(=O)N1CCC[C@H]1C#N.Cl. The number of carbonyl (C=O) groups is 1. The molecule has 1 saturated heterocycles. The predicted octanol–water partition coefficient (Wildman–Crippen LogP) is 3.47. The van der Waals surface area contributed by atoms with Crippen LogP contribution < -0.4 is 10.6 Å². The number of rotatable bonds is 7. The lowest BCUT2D eigenvalue weighted by molar-refractivity contribution is -0.130. The van der Waals surface area contributed by atoms with Gasteiger partial charge in [0, 0.05) is 24.2 Å². The number of nitriles is 1. The van der Waals surface area contributed by atoms with Crippen molar-refractivity contribution in [3.8, 4) is 17.3 Å². The van der Waals surface area contributed by atoms with Gasteiger partial charge in [0.15, 0.2) is 0 Å². The maximum atomic E-state index is 12.4. The summed E-state index contributed by atoms with van der Waals surface area (Å²) in [5.41, 5.74) is 1.69. The Morgan fingerprint density at radius 2 is 2.00 bits per heavy atom. The standard InChI is InChI=1S/C22H27N5O.ClH/c1-22(2,25-15-21(28)27-13-7-10-18(27)14-23)16-24-20-12-6-11-19(26-20)17-8-4-3-5-9-17;/h3-6,8-9,11-12,18,25H,7,10,13,15-16H2,1-2H3,(H,24,26);1H/t18-;/m0./s1. The zero-order chi connectivity index (χ0) is 20.0. The van der Waals surface area contributed by atoms with E-state index in [1.54, 1.807) is 4.90 Å². The molecule has 1 aromatic carbocycles. The number of hydrogen-bond donors (Lipinski definition) is 2. The van der Waals surface area contributed by atoms with Crippen molar-refractivity contribution in [3.05, 3.63) is 48.5 Å². The fourth-order valence-corrected chi connectivity index (χ4v) is 3.29. The van der Waals surface area contributed by atoms with Gasteiger partial charge in [-0.2, -0.15) is 5.26 Å². The second kappa shape index (κ2) is 10.2. The van der Waals surface area contributed by atoms with Crippen molar-refractivity contribution >= 4 is 24.1 Å². The van der Waals surface area contributed by atoms with E-state index in [0.29, 0.717) is 13.1 Å². The molecule has 1 aliphatic heterocycles. The van der Waals surface area contributed by atoms with Gasteiger partial charge < -0.3 is 15.5 Å². The van der Waals surface area contributed by atoms with E-state index in [-0.39, 0.29) is 36.4 Å². The van der Waals surface area contributed by atoms with Crippen LogP contribution in [0.3, 0.4) is 0 Å². The van der Waals surface area contributed by atoms with Crippen molar-refractivity contribution in [2.24, 2.45) is 0 Å². The van der Waals surface area contributed by atoms with Crippen LogP contribution in [0.2, 0.25) is 0 Å². The molecule has 0 radical (unpaired) electrons. The molecule has 1 atom stereocenters. The lowest BCUT2D eigenvalue weighted by Gasteiger charge is -2.28. The summed E-state index contributed by atoms with van der Waals surface area (Å²) in [5.74, 6) is 0.785. The third-order valence-corrected chi connectivity index (χ3v) is 4.97. The molecule has 1 aromatic heterocycles. The van der Waals surface area contributed by atoms with Gasteiger partial charge in [0.25, 0.3) is 0 Å². The number of anilines is 1. The molecule has 0 unspecified atom stereocenters. The highest BCUT2D eigenvalue weighted by Crippen LogP contribution is 2.19. The van der Waals surface area contributed by atoms with E-state index in [2.05, 4.69) is 21.7 Å². The van der Waals surface area contributed by atoms with Gasteiger partial charge in [-0.25, -0.2) is 4.98 Å². The number of carbonyl (C=O) groups excluding carboxylic acids is 1. The van der Waals surface area contributed by atoms with Crippen LogP contribution in [0.4, 0.5) is 5.82 Å². The van der Waals surface area contributed by atoms with Gasteiger partial charge >= 0.3 is 0 Å². The molecule has 1 amide bonds. The number of halogens is 1. The minimum Gasteiger partial charge on any atom is -0.368 e. The Morgan fingerprint density at radius 1 is 1.24 bits per heavy atom. The van der Waals surface area contributed by atoms with Crippen LogP contribution in [-0.4, -0.2) is 47.0 Å². The van der Waals surface area contributed by atoms with Crippen molar-refractivity contribution < 1.29 is 4.79 Å². The maximum absolute atomic E-state index is 12.4. The lowest BCUT2D eigenvalue weighted by Crippen LogP contribution is -2.50.